The minimum Gasteiger partial charge on any atom is -0.394 e. The molecule has 1 aromatic heterocycles. The highest BCUT2D eigenvalue weighted by Crippen LogP contribution is 2.22. The Morgan fingerprint density at radius 1 is 1.56 bits per heavy atom. The lowest BCUT2D eigenvalue weighted by molar-refractivity contribution is 0.127. The highest BCUT2D eigenvalue weighted by Gasteiger charge is 2.22. The molecule has 1 aromatic rings. The summed E-state index contributed by atoms with van der Waals surface area (Å²) in [6.07, 6.45) is 1.14. The van der Waals surface area contributed by atoms with Crippen LogP contribution in [-0.2, 0) is 0 Å². The first kappa shape index (κ1) is 12.0. The van der Waals surface area contributed by atoms with E-state index in [1.54, 1.807) is 11.3 Å². The number of nitrogens with one attached hydrogen (secondary N) is 1. The summed E-state index contributed by atoms with van der Waals surface area (Å²) >= 11 is 1.65. The van der Waals surface area contributed by atoms with Crippen LogP contribution in [0.3, 0.4) is 0 Å². The van der Waals surface area contributed by atoms with Crippen molar-refractivity contribution in [3.63, 3.8) is 0 Å². The third kappa shape index (κ3) is 2.79. The molecule has 0 spiro atoms. The fraction of sp³-hybridized carbons (Fsp3) is 0.727. The van der Waals surface area contributed by atoms with E-state index < -0.39 is 0 Å². The molecule has 1 saturated heterocycles. The van der Waals surface area contributed by atoms with Gasteiger partial charge >= 0.3 is 0 Å². The fourth-order valence-corrected chi connectivity index (χ4v) is 2.77. The molecule has 1 aliphatic heterocycles. The molecule has 0 bridgehead atoms. The monoisotopic (exact) mass is 241 g/mol. The van der Waals surface area contributed by atoms with Crippen LogP contribution >= 0.6 is 11.3 Å². The van der Waals surface area contributed by atoms with Crippen molar-refractivity contribution in [3.05, 3.63) is 16.1 Å². The maximum atomic E-state index is 9.54. The zero-order valence-electron chi connectivity index (χ0n) is 9.65. The number of aliphatic hydroxyl groups excluding tert-OH is 1. The number of hydrogen-bond donors (Lipinski definition) is 2. The molecule has 0 radical (unpaired) electrons. The molecule has 90 valence electrons. The van der Waals surface area contributed by atoms with Gasteiger partial charge in [-0.05, 0) is 19.9 Å². The summed E-state index contributed by atoms with van der Waals surface area (Å²) in [5.74, 6) is 0. The summed E-state index contributed by atoms with van der Waals surface area (Å²) in [7, 11) is 0. The number of rotatable bonds is 3. The van der Waals surface area contributed by atoms with Crippen LogP contribution in [0.15, 0.2) is 5.38 Å². The lowest BCUT2D eigenvalue weighted by atomic mass is 10.2. The van der Waals surface area contributed by atoms with Crippen LogP contribution in [0, 0.1) is 6.92 Å². The van der Waals surface area contributed by atoms with Gasteiger partial charge < -0.3 is 10.4 Å². The van der Waals surface area contributed by atoms with Gasteiger partial charge in [-0.1, -0.05) is 0 Å². The molecule has 2 heterocycles. The number of aryl methyl sites for hydroxylation is 1. The molecule has 0 amide bonds. The number of aromatic nitrogens is 1. The summed E-state index contributed by atoms with van der Waals surface area (Å²) in [6, 6.07) is 0.0739. The predicted octanol–water partition coefficient (Wildman–Crippen LogP) is 0.780. The van der Waals surface area contributed by atoms with Gasteiger partial charge in [0, 0.05) is 25.0 Å². The normalized spacial score (nSPS) is 20.6. The molecule has 0 saturated carbocycles. The first-order valence-electron chi connectivity index (χ1n) is 5.79. The lowest BCUT2D eigenvalue weighted by Gasteiger charge is -2.27. The Morgan fingerprint density at radius 2 is 2.44 bits per heavy atom. The molecule has 5 heteroatoms. The van der Waals surface area contributed by atoms with Gasteiger partial charge in [0.05, 0.1) is 23.4 Å². The van der Waals surface area contributed by atoms with E-state index in [4.69, 9.17) is 0 Å². The van der Waals surface area contributed by atoms with E-state index in [1.165, 1.54) is 0 Å². The summed E-state index contributed by atoms with van der Waals surface area (Å²) in [5.41, 5.74) is 1.02. The highest BCUT2D eigenvalue weighted by atomic mass is 32.1. The van der Waals surface area contributed by atoms with Crippen molar-refractivity contribution >= 4 is 11.3 Å². The maximum absolute atomic E-state index is 9.54. The second-order valence-electron chi connectivity index (χ2n) is 4.13. The molecule has 0 aromatic carbocycles. The standard InChI is InChI=1S/C11H19N3OS/c1-9-13-10(8-16-9)11(7-15)14-5-2-3-12-4-6-14/h8,11-12,15H,2-7H2,1H3. The number of thiazole rings is 1. The summed E-state index contributed by atoms with van der Waals surface area (Å²) in [6.45, 7) is 6.26. The van der Waals surface area contributed by atoms with Crippen molar-refractivity contribution in [1.29, 1.82) is 0 Å². The Bertz CT molecular complexity index is 321. The fourth-order valence-electron chi connectivity index (χ4n) is 2.11. The Labute approximate surface area is 100 Å². The lowest BCUT2D eigenvalue weighted by Crippen LogP contribution is -2.34. The van der Waals surface area contributed by atoms with Crippen molar-refractivity contribution < 1.29 is 5.11 Å². The second kappa shape index (κ2) is 5.72. The van der Waals surface area contributed by atoms with E-state index in [9.17, 15) is 5.11 Å². The Kier molecular flexibility index (Phi) is 4.29. The van der Waals surface area contributed by atoms with E-state index in [-0.39, 0.29) is 12.6 Å². The average Bonchev–Trinajstić information content (AvgIpc) is 2.55. The number of nitrogens with zero attached hydrogens (tertiary/aromatic N) is 2. The third-order valence-electron chi connectivity index (χ3n) is 2.97. The summed E-state index contributed by atoms with van der Waals surface area (Å²) < 4.78 is 0. The Morgan fingerprint density at radius 3 is 3.12 bits per heavy atom. The SMILES string of the molecule is Cc1nc(C(CO)N2CCCNCC2)cs1. The molecule has 16 heavy (non-hydrogen) atoms. The Balaban J connectivity index is 2.08. The maximum Gasteiger partial charge on any atom is 0.0898 e. The largest absolute Gasteiger partial charge is 0.394 e. The quantitative estimate of drug-likeness (QED) is 0.821. The predicted molar refractivity (Wildman–Crippen MR) is 65.7 cm³/mol. The smallest absolute Gasteiger partial charge is 0.0898 e. The number of hydrogen-bond acceptors (Lipinski definition) is 5. The Hall–Kier alpha value is -0.490. The zero-order valence-corrected chi connectivity index (χ0v) is 10.5. The van der Waals surface area contributed by atoms with Crippen molar-refractivity contribution in [3.8, 4) is 0 Å². The number of aliphatic hydroxyl groups is 1. The molecule has 1 fully saturated rings. The van der Waals surface area contributed by atoms with Crippen LogP contribution < -0.4 is 5.32 Å². The van der Waals surface area contributed by atoms with E-state index >= 15 is 0 Å². The van der Waals surface area contributed by atoms with Crippen LogP contribution in [0.5, 0.6) is 0 Å². The molecule has 0 aliphatic carbocycles. The third-order valence-corrected chi connectivity index (χ3v) is 3.76. The molecule has 1 atom stereocenters. The first-order valence-corrected chi connectivity index (χ1v) is 6.67. The topological polar surface area (TPSA) is 48.4 Å². The van der Waals surface area contributed by atoms with Gasteiger partial charge in [-0.15, -0.1) is 11.3 Å². The zero-order chi connectivity index (χ0) is 11.4. The van der Waals surface area contributed by atoms with Crippen molar-refractivity contribution in [2.75, 3.05) is 32.8 Å². The molecule has 1 unspecified atom stereocenters. The van der Waals surface area contributed by atoms with Gasteiger partial charge in [-0.25, -0.2) is 4.98 Å². The van der Waals surface area contributed by atoms with Crippen LogP contribution in [-0.4, -0.2) is 47.8 Å². The first-order chi connectivity index (χ1) is 7.81. The van der Waals surface area contributed by atoms with Gasteiger partial charge in [0.25, 0.3) is 0 Å². The molecular formula is C11H19N3OS. The van der Waals surface area contributed by atoms with Crippen LogP contribution in [0.4, 0.5) is 0 Å². The van der Waals surface area contributed by atoms with Crippen LogP contribution in [0.2, 0.25) is 0 Å². The molecule has 2 N–H and O–H groups in total. The van der Waals surface area contributed by atoms with E-state index in [2.05, 4.69) is 20.6 Å². The summed E-state index contributed by atoms with van der Waals surface area (Å²) in [5, 5.41) is 16.0. The van der Waals surface area contributed by atoms with Gasteiger partial charge in [-0.3, -0.25) is 4.90 Å². The molecular weight excluding hydrogens is 222 g/mol. The highest BCUT2D eigenvalue weighted by molar-refractivity contribution is 7.09. The van der Waals surface area contributed by atoms with Gasteiger partial charge in [0.15, 0.2) is 0 Å². The minimum absolute atomic E-state index is 0.0739. The van der Waals surface area contributed by atoms with Crippen LogP contribution in [0.1, 0.15) is 23.2 Å². The average molecular weight is 241 g/mol. The minimum atomic E-state index is 0.0739. The van der Waals surface area contributed by atoms with Crippen molar-refractivity contribution in [2.24, 2.45) is 0 Å². The van der Waals surface area contributed by atoms with Crippen LogP contribution in [0.25, 0.3) is 0 Å². The van der Waals surface area contributed by atoms with E-state index in [1.807, 2.05) is 6.92 Å². The summed E-state index contributed by atoms with van der Waals surface area (Å²) in [4.78, 5) is 6.81. The van der Waals surface area contributed by atoms with E-state index in [0.717, 1.165) is 43.3 Å². The van der Waals surface area contributed by atoms with Crippen molar-refractivity contribution in [1.82, 2.24) is 15.2 Å². The van der Waals surface area contributed by atoms with E-state index in [0.29, 0.717) is 0 Å². The second-order valence-corrected chi connectivity index (χ2v) is 5.19. The van der Waals surface area contributed by atoms with Gasteiger partial charge in [0.1, 0.15) is 0 Å². The van der Waals surface area contributed by atoms with Gasteiger partial charge in [0.2, 0.25) is 0 Å². The molecule has 2 rings (SSSR count). The molecule has 4 nitrogen and oxygen atoms in total. The van der Waals surface area contributed by atoms with Gasteiger partial charge in [-0.2, -0.15) is 0 Å². The van der Waals surface area contributed by atoms with Crippen molar-refractivity contribution in [2.45, 2.75) is 19.4 Å². The molecule has 1 aliphatic rings.